The Morgan fingerprint density at radius 1 is 1.20 bits per heavy atom. The first-order valence-electron chi connectivity index (χ1n) is 5.48. The Balaban J connectivity index is 1.97. The molecule has 1 heterocycles. The van der Waals surface area contributed by atoms with Crippen LogP contribution in [0.2, 0.25) is 0 Å². The van der Waals surface area contributed by atoms with Gasteiger partial charge in [0.15, 0.2) is 5.11 Å². The van der Waals surface area contributed by atoms with Crippen molar-refractivity contribution in [2.75, 3.05) is 10.6 Å². The van der Waals surface area contributed by atoms with Gasteiger partial charge in [0.05, 0.1) is 4.92 Å². The number of nitrogens with one attached hydrogen (secondary N) is 2. The van der Waals surface area contributed by atoms with Crippen molar-refractivity contribution >= 4 is 34.5 Å². The SMILES string of the molecule is O=[N+]([O-])c1ccc(NC(=S)Nc2ccc(F)cc2)nc1. The molecule has 0 bridgehead atoms. The lowest BCUT2D eigenvalue weighted by molar-refractivity contribution is -0.385. The van der Waals surface area contributed by atoms with Crippen molar-refractivity contribution < 1.29 is 9.31 Å². The predicted octanol–water partition coefficient (Wildman–Crippen LogP) is 2.94. The monoisotopic (exact) mass is 292 g/mol. The van der Waals surface area contributed by atoms with E-state index in [1.54, 1.807) is 0 Å². The molecule has 0 unspecified atom stereocenters. The topological polar surface area (TPSA) is 80.1 Å². The number of hydrogen-bond donors (Lipinski definition) is 2. The molecule has 8 heteroatoms. The number of nitrogens with zero attached hydrogens (tertiary/aromatic N) is 2. The number of halogens is 1. The second-order valence-electron chi connectivity index (χ2n) is 3.74. The Hall–Kier alpha value is -2.61. The van der Waals surface area contributed by atoms with E-state index < -0.39 is 4.92 Å². The molecular formula is C12H9FN4O2S. The first kappa shape index (κ1) is 13.8. The van der Waals surface area contributed by atoms with Gasteiger partial charge in [-0.15, -0.1) is 0 Å². The molecule has 0 aliphatic rings. The van der Waals surface area contributed by atoms with Crippen LogP contribution in [0.4, 0.5) is 21.6 Å². The van der Waals surface area contributed by atoms with E-state index >= 15 is 0 Å². The molecule has 0 saturated heterocycles. The zero-order valence-corrected chi connectivity index (χ0v) is 10.9. The highest BCUT2D eigenvalue weighted by Gasteiger charge is 2.06. The Labute approximate surface area is 118 Å². The summed E-state index contributed by atoms with van der Waals surface area (Å²) >= 11 is 5.05. The lowest BCUT2D eigenvalue weighted by Crippen LogP contribution is -2.19. The Morgan fingerprint density at radius 3 is 2.45 bits per heavy atom. The first-order valence-corrected chi connectivity index (χ1v) is 5.89. The lowest BCUT2D eigenvalue weighted by Gasteiger charge is -2.09. The van der Waals surface area contributed by atoms with Crippen LogP contribution >= 0.6 is 12.2 Å². The van der Waals surface area contributed by atoms with Gasteiger partial charge >= 0.3 is 0 Å². The molecule has 0 fully saturated rings. The summed E-state index contributed by atoms with van der Waals surface area (Å²) in [7, 11) is 0. The predicted molar refractivity (Wildman–Crippen MR) is 77.1 cm³/mol. The molecule has 0 radical (unpaired) electrons. The van der Waals surface area contributed by atoms with Crippen LogP contribution in [-0.2, 0) is 0 Å². The Kier molecular flexibility index (Phi) is 4.16. The molecule has 0 amide bonds. The molecule has 1 aromatic carbocycles. The highest BCUT2D eigenvalue weighted by Crippen LogP contribution is 2.13. The minimum absolute atomic E-state index is 0.104. The van der Waals surface area contributed by atoms with Gasteiger partial charge in [0.1, 0.15) is 17.8 Å². The quantitative estimate of drug-likeness (QED) is 0.514. The van der Waals surface area contributed by atoms with E-state index in [0.29, 0.717) is 11.5 Å². The third-order valence-electron chi connectivity index (χ3n) is 2.30. The van der Waals surface area contributed by atoms with E-state index in [4.69, 9.17) is 12.2 Å². The molecule has 0 spiro atoms. The molecule has 102 valence electrons. The van der Waals surface area contributed by atoms with E-state index in [0.717, 1.165) is 6.20 Å². The van der Waals surface area contributed by atoms with Gasteiger partial charge in [-0.25, -0.2) is 9.37 Å². The van der Waals surface area contributed by atoms with Crippen molar-refractivity contribution in [3.8, 4) is 0 Å². The third kappa shape index (κ3) is 3.69. The highest BCUT2D eigenvalue weighted by atomic mass is 32.1. The molecular weight excluding hydrogens is 283 g/mol. The van der Waals surface area contributed by atoms with Gasteiger partial charge < -0.3 is 10.6 Å². The summed E-state index contributed by atoms with van der Waals surface area (Å²) in [6.45, 7) is 0. The molecule has 0 saturated carbocycles. The normalized spacial score (nSPS) is 9.85. The van der Waals surface area contributed by atoms with E-state index in [2.05, 4.69) is 15.6 Å². The number of nitro groups is 1. The van der Waals surface area contributed by atoms with Gasteiger partial charge in [-0.2, -0.15) is 0 Å². The number of benzene rings is 1. The van der Waals surface area contributed by atoms with Crippen molar-refractivity contribution in [2.24, 2.45) is 0 Å². The summed E-state index contributed by atoms with van der Waals surface area (Å²) in [5.74, 6) is 0.0293. The summed E-state index contributed by atoms with van der Waals surface area (Å²) in [5, 5.41) is 16.3. The summed E-state index contributed by atoms with van der Waals surface area (Å²) in [4.78, 5) is 13.8. The molecule has 0 aliphatic carbocycles. The average Bonchev–Trinajstić information content (AvgIpc) is 2.42. The zero-order valence-electron chi connectivity index (χ0n) is 10.0. The maximum atomic E-state index is 12.7. The van der Waals surface area contributed by atoms with Crippen molar-refractivity contribution in [1.82, 2.24) is 4.98 Å². The summed E-state index contributed by atoms with van der Waals surface area (Å²) in [6.07, 6.45) is 1.13. The van der Waals surface area contributed by atoms with Gasteiger partial charge in [0.2, 0.25) is 0 Å². The maximum Gasteiger partial charge on any atom is 0.287 e. The van der Waals surface area contributed by atoms with Crippen LogP contribution in [0.5, 0.6) is 0 Å². The molecule has 2 rings (SSSR count). The van der Waals surface area contributed by atoms with Crippen molar-refractivity contribution in [3.05, 3.63) is 58.5 Å². The molecule has 0 atom stereocenters. The number of aromatic nitrogens is 1. The number of anilines is 2. The average molecular weight is 292 g/mol. The summed E-state index contributed by atoms with van der Waals surface area (Å²) in [6, 6.07) is 8.43. The molecule has 2 N–H and O–H groups in total. The zero-order chi connectivity index (χ0) is 14.5. The van der Waals surface area contributed by atoms with Crippen LogP contribution in [0.1, 0.15) is 0 Å². The van der Waals surface area contributed by atoms with E-state index in [1.165, 1.54) is 36.4 Å². The van der Waals surface area contributed by atoms with E-state index in [-0.39, 0.29) is 16.6 Å². The van der Waals surface area contributed by atoms with Gasteiger partial charge in [-0.05, 0) is 42.5 Å². The van der Waals surface area contributed by atoms with Crippen molar-refractivity contribution in [1.29, 1.82) is 0 Å². The summed E-state index contributed by atoms with van der Waals surface area (Å²) in [5.41, 5.74) is 0.513. The first-order chi connectivity index (χ1) is 9.54. The van der Waals surface area contributed by atoms with E-state index in [1.807, 2.05) is 0 Å². The van der Waals surface area contributed by atoms with Crippen LogP contribution in [0.3, 0.4) is 0 Å². The minimum atomic E-state index is -0.536. The third-order valence-corrected chi connectivity index (χ3v) is 2.51. The second kappa shape index (κ2) is 6.02. The largest absolute Gasteiger partial charge is 0.332 e. The number of thiocarbonyl (C=S) groups is 1. The van der Waals surface area contributed by atoms with Crippen LogP contribution in [0.25, 0.3) is 0 Å². The molecule has 20 heavy (non-hydrogen) atoms. The number of rotatable bonds is 3. The summed E-state index contributed by atoms with van der Waals surface area (Å²) < 4.78 is 12.7. The standard InChI is InChI=1S/C12H9FN4O2S/c13-8-1-3-9(4-2-8)15-12(20)16-11-6-5-10(7-14-11)17(18)19/h1-7H,(H2,14,15,16,20). The van der Waals surface area contributed by atoms with Crippen LogP contribution in [0, 0.1) is 15.9 Å². The molecule has 0 aliphatic heterocycles. The molecule has 6 nitrogen and oxygen atoms in total. The van der Waals surface area contributed by atoms with Crippen molar-refractivity contribution in [3.63, 3.8) is 0 Å². The Bertz CT molecular complexity index is 631. The second-order valence-corrected chi connectivity index (χ2v) is 4.15. The fourth-order valence-electron chi connectivity index (χ4n) is 1.38. The van der Waals surface area contributed by atoms with Gasteiger partial charge in [0, 0.05) is 11.8 Å². The van der Waals surface area contributed by atoms with E-state index in [9.17, 15) is 14.5 Å². The smallest absolute Gasteiger partial charge is 0.287 e. The maximum absolute atomic E-state index is 12.7. The fourth-order valence-corrected chi connectivity index (χ4v) is 1.60. The van der Waals surface area contributed by atoms with Crippen molar-refractivity contribution in [2.45, 2.75) is 0 Å². The minimum Gasteiger partial charge on any atom is -0.332 e. The number of pyridine rings is 1. The number of hydrogen-bond acceptors (Lipinski definition) is 4. The van der Waals surface area contributed by atoms with Gasteiger partial charge in [-0.3, -0.25) is 10.1 Å². The van der Waals surface area contributed by atoms with Gasteiger partial charge in [-0.1, -0.05) is 0 Å². The fraction of sp³-hybridized carbons (Fsp3) is 0. The highest BCUT2D eigenvalue weighted by molar-refractivity contribution is 7.80. The molecule has 1 aromatic heterocycles. The van der Waals surface area contributed by atoms with Gasteiger partial charge in [0.25, 0.3) is 5.69 Å². The van der Waals surface area contributed by atoms with Crippen LogP contribution < -0.4 is 10.6 Å². The molecule has 2 aromatic rings. The van der Waals surface area contributed by atoms with Crippen LogP contribution in [-0.4, -0.2) is 15.0 Å². The Morgan fingerprint density at radius 2 is 1.90 bits per heavy atom. The lowest BCUT2D eigenvalue weighted by atomic mass is 10.3. The van der Waals surface area contributed by atoms with Crippen LogP contribution in [0.15, 0.2) is 42.6 Å².